The molecule has 0 saturated carbocycles. The van der Waals surface area contributed by atoms with Gasteiger partial charge in [-0.3, -0.25) is 0 Å². The SMILES string of the molecule is COc1ccccc1/C=C/CNCC1(CCO)CCOC1. The lowest BCUT2D eigenvalue weighted by Gasteiger charge is -2.26. The van der Waals surface area contributed by atoms with Crippen LogP contribution in [0.3, 0.4) is 0 Å². The number of methoxy groups -OCH3 is 1. The summed E-state index contributed by atoms with van der Waals surface area (Å²) in [5.41, 5.74) is 1.18. The Bertz CT molecular complexity index is 453. The molecule has 2 N–H and O–H groups in total. The summed E-state index contributed by atoms with van der Waals surface area (Å²) in [6, 6.07) is 7.96. The van der Waals surface area contributed by atoms with Crippen LogP contribution in [0.5, 0.6) is 5.75 Å². The Balaban J connectivity index is 1.79. The van der Waals surface area contributed by atoms with Gasteiger partial charge in [0.15, 0.2) is 0 Å². The van der Waals surface area contributed by atoms with E-state index in [-0.39, 0.29) is 12.0 Å². The second kappa shape index (κ2) is 8.17. The Morgan fingerprint density at radius 1 is 1.43 bits per heavy atom. The maximum absolute atomic E-state index is 9.19. The maximum Gasteiger partial charge on any atom is 0.126 e. The number of hydrogen-bond acceptors (Lipinski definition) is 4. The predicted octanol–water partition coefficient (Wildman–Crippen LogP) is 2.09. The van der Waals surface area contributed by atoms with Crippen LogP contribution in [-0.2, 0) is 4.74 Å². The van der Waals surface area contributed by atoms with Gasteiger partial charge in [0.05, 0.1) is 13.7 Å². The number of rotatable bonds is 8. The van der Waals surface area contributed by atoms with Gasteiger partial charge < -0.3 is 19.9 Å². The van der Waals surface area contributed by atoms with Crippen molar-refractivity contribution in [2.24, 2.45) is 5.41 Å². The van der Waals surface area contributed by atoms with Gasteiger partial charge in [-0.15, -0.1) is 0 Å². The van der Waals surface area contributed by atoms with Gasteiger partial charge in [-0.05, 0) is 18.9 Å². The highest BCUT2D eigenvalue weighted by Crippen LogP contribution is 2.31. The third-order valence-electron chi connectivity index (χ3n) is 4.03. The van der Waals surface area contributed by atoms with Crippen molar-refractivity contribution in [2.45, 2.75) is 12.8 Å². The fraction of sp³-hybridized carbons (Fsp3) is 0.529. The van der Waals surface area contributed by atoms with Crippen molar-refractivity contribution < 1.29 is 14.6 Å². The van der Waals surface area contributed by atoms with Crippen LogP contribution in [0.4, 0.5) is 0 Å². The summed E-state index contributed by atoms with van der Waals surface area (Å²) >= 11 is 0. The molecule has 0 bridgehead atoms. The molecule has 1 aliphatic heterocycles. The molecule has 1 heterocycles. The summed E-state index contributed by atoms with van der Waals surface area (Å²) in [4.78, 5) is 0. The first-order chi connectivity index (χ1) is 10.3. The predicted molar refractivity (Wildman–Crippen MR) is 84.5 cm³/mol. The van der Waals surface area contributed by atoms with E-state index < -0.39 is 0 Å². The average Bonchev–Trinajstić information content (AvgIpc) is 2.96. The van der Waals surface area contributed by atoms with Crippen molar-refractivity contribution in [2.75, 3.05) is 40.0 Å². The zero-order valence-corrected chi connectivity index (χ0v) is 12.7. The Labute approximate surface area is 126 Å². The van der Waals surface area contributed by atoms with Gasteiger partial charge in [-0.2, -0.15) is 0 Å². The fourth-order valence-electron chi connectivity index (χ4n) is 2.72. The molecule has 0 amide bonds. The van der Waals surface area contributed by atoms with E-state index in [2.05, 4.69) is 17.5 Å². The minimum Gasteiger partial charge on any atom is -0.496 e. The quantitative estimate of drug-likeness (QED) is 0.720. The molecule has 1 aromatic rings. The van der Waals surface area contributed by atoms with Crippen LogP contribution in [0.1, 0.15) is 18.4 Å². The zero-order valence-electron chi connectivity index (χ0n) is 12.7. The maximum atomic E-state index is 9.19. The largest absolute Gasteiger partial charge is 0.496 e. The Morgan fingerprint density at radius 3 is 3.00 bits per heavy atom. The van der Waals surface area contributed by atoms with E-state index in [9.17, 15) is 5.11 Å². The summed E-state index contributed by atoms with van der Waals surface area (Å²) in [7, 11) is 1.68. The summed E-state index contributed by atoms with van der Waals surface area (Å²) in [5, 5.41) is 12.6. The van der Waals surface area contributed by atoms with Crippen molar-refractivity contribution >= 4 is 6.08 Å². The van der Waals surface area contributed by atoms with E-state index in [1.807, 2.05) is 24.3 Å². The van der Waals surface area contributed by atoms with Gasteiger partial charge >= 0.3 is 0 Å². The molecule has 1 atom stereocenters. The lowest BCUT2D eigenvalue weighted by molar-refractivity contribution is 0.125. The van der Waals surface area contributed by atoms with E-state index in [1.54, 1.807) is 7.11 Å². The molecule has 2 rings (SSSR count). The second-order valence-electron chi connectivity index (χ2n) is 5.55. The van der Waals surface area contributed by atoms with Gasteiger partial charge in [-0.25, -0.2) is 0 Å². The smallest absolute Gasteiger partial charge is 0.126 e. The zero-order chi connectivity index (χ0) is 15.0. The number of ether oxygens (including phenoxy) is 2. The van der Waals surface area contributed by atoms with Crippen LogP contribution in [0.2, 0.25) is 0 Å². The molecule has 1 unspecified atom stereocenters. The lowest BCUT2D eigenvalue weighted by atomic mass is 9.84. The molecular formula is C17H25NO3. The van der Waals surface area contributed by atoms with Gasteiger partial charge in [0.1, 0.15) is 5.75 Å². The molecule has 116 valence electrons. The van der Waals surface area contributed by atoms with Crippen molar-refractivity contribution in [1.82, 2.24) is 5.32 Å². The molecule has 1 saturated heterocycles. The van der Waals surface area contributed by atoms with Crippen LogP contribution < -0.4 is 10.1 Å². The van der Waals surface area contributed by atoms with Crippen molar-refractivity contribution in [1.29, 1.82) is 0 Å². The summed E-state index contributed by atoms with van der Waals surface area (Å²) in [6.45, 7) is 3.45. The van der Waals surface area contributed by atoms with Gasteiger partial charge in [0, 0.05) is 37.3 Å². The highest BCUT2D eigenvalue weighted by molar-refractivity contribution is 5.57. The lowest BCUT2D eigenvalue weighted by Crippen LogP contribution is -2.35. The van der Waals surface area contributed by atoms with Gasteiger partial charge in [0.2, 0.25) is 0 Å². The molecule has 0 aromatic heterocycles. The second-order valence-corrected chi connectivity index (χ2v) is 5.55. The van der Waals surface area contributed by atoms with Crippen LogP contribution in [0, 0.1) is 5.41 Å². The monoisotopic (exact) mass is 291 g/mol. The molecule has 4 nitrogen and oxygen atoms in total. The topological polar surface area (TPSA) is 50.7 Å². The van der Waals surface area contributed by atoms with Crippen LogP contribution >= 0.6 is 0 Å². The van der Waals surface area contributed by atoms with Crippen LogP contribution in [0.15, 0.2) is 30.3 Å². The molecule has 1 fully saturated rings. The van der Waals surface area contributed by atoms with E-state index in [1.165, 1.54) is 0 Å². The molecule has 4 heteroatoms. The Kier molecular flexibility index (Phi) is 6.23. The van der Waals surface area contributed by atoms with Crippen molar-refractivity contribution in [3.63, 3.8) is 0 Å². The van der Waals surface area contributed by atoms with Crippen LogP contribution in [0.25, 0.3) is 6.08 Å². The average molecular weight is 291 g/mol. The van der Waals surface area contributed by atoms with Crippen molar-refractivity contribution in [3.8, 4) is 5.75 Å². The first kappa shape index (κ1) is 16.0. The summed E-state index contributed by atoms with van der Waals surface area (Å²) in [6.07, 6.45) is 5.99. The molecule has 1 aliphatic rings. The third kappa shape index (κ3) is 4.56. The molecule has 0 spiro atoms. The first-order valence-corrected chi connectivity index (χ1v) is 7.48. The van der Waals surface area contributed by atoms with Crippen LogP contribution in [-0.4, -0.2) is 45.1 Å². The molecule has 0 aliphatic carbocycles. The third-order valence-corrected chi connectivity index (χ3v) is 4.03. The van der Waals surface area contributed by atoms with E-state index in [4.69, 9.17) is 9.47 Å². The van der Waals surface area contributed by atoms with Gasteiger partial charge in [-0.1, -0.05) is 30.4 Å². The number of aliphatic hydroxyl groups excluding tert-OH is 1. The minimum atomic E-state index is 0.104. The Morgan fingerprint density at radius 2 is 2.29 bits per heavy atom. The molecule has 1 aromatic carbocycles. The first-order valence-electron chi connectivity index (χ1n) is 7.48. The number of benzene rings is 1. The van der Waals surface area contributed by atoms with Crippen molar-refractivity contribution in [3.05, 3.63) is 35.9 Å². The number of aliphatic hydroxyl groups is 1. The van der Waals surface area contributed by atoms with Gasteiger partial charge in [0.25, 0.3) is 0 Å². The molecule has 21 heavy (non-hydrogen) atoms. The molecular weight excluding hydrogens is 266 g/mol. The summed E-state index contributed by atoms with van der Waals surface area (Å²) < 4.78 is 10.8. The molecule has 0 radical (unpaired) electrons. The standard InChI is InChI=1S/C17H25NO3/c1-20-16-7-3-2-5-15(16)6-4-10-18-13-17(8-11-19)9-12-21-14-17/h2-7,18-19H,8-14H2,1H3/b6-4+. The van der Waals surface area contributed by atoms with E-state index >= 15 is 0 Å². The number of hydrogen-bond donors (Lipinski definition) is 2. The highest BCUT2D eigenvalue weighted by Gasteiger charge is 2.33. The fourth-order valence-corrected chi connectivity index (χ4v) is 2.72. The van der Waals surface area contributed by atoms with E-state index in [0.29, 0.717) is 0 Å². The Hall–Kier alpha value is -1.36. The summed E-state index contributed by atoms with van der Waals surface area (Å²) in [5.74, 6) is 0.884. The number of nitrogens with one attached hydrogen (secondary N) is 1. The van der Waals surface area contributed by atoms with E-state index in [0.717, 1.165) is 50.5 Å². The normalized spacial score (nSPS) is 22.0. The minimum absolute atomic E-state index is 0.104. The highest BCUT2D eigenvalue weighted by atomic mass is 16.5. The number of para-hydroxylation sites is 1.